The maximum atomic E-state index is 14.7. The molecule has 0 saturated carbocycles. The molecule has 0 atom stereocenters. The minimum atomic E-state index is -5.22. The van der Waals surface area contributed by atoms with Gasteiger partial charge >= 0.3 is 12.4 Å². The minimum Gasteiger partial charge on any atom is -0.493 e. The van der Waals surface area contributed by atoms with Crippen LogP contribution in [0.25, 0.3) is 0 Å². The SMILES string of the molecule is CCC=C(CCCCCCCCOc1cc(F)c(CCc2cc(F)c(C(F)(F)F)c(F)c2)c(F)c1)CCCCCCCCOc1cc(F)c(CCc2cc(F)c(C(F)(F)F)c(F)c2)c(F)c1. The summed E-state index contributed by atoms with van der Waals surface area (Å²) in [7, 11) is 0. The van der Waals surface area contributed by atoms with Crippen LogP contribution in [0.5, 0.6) is 11.5 Å². The minimum absolute atomic E-state index is 0.0119. The number of benzene rings is 4. The first kappa shape index (κ1) is 53.9. The summed E-state index contributed by atoms with van der Waals surface area (Å²) in [6, 6.07) is 6.07. The number of hydrogen-bond donors (Lipinski definition) is 0. The first-order chi connectivity index (χ1) is 31.3. The molecule has 0 bridgehead atoms. The summed E-state index contributed by atoms with van der Waals surface area (Å²) in [6.45, 7) is 2.60. The largest absolute Gasteiger partial charge is 0.493 e. The van der Waals surface area contributed by atoms with Crippen molar-refractivity contribution in [3.05, 3.63) is 140 Å². The number of allylic oxidation sites excluding steroid dienone is 2. The maximum absolute atomic E-state index is 14.7. The van der Waals surface area contributed by atoms with Crippen LogP contribution in [0, 0.1) is 46.5 Å². The average molecular weight is 953 g/mol. The highest BCUT2D eigenvalue weighted by Crippen LogP contribution is 2.36. The Balaban J connectivity index is 1.02. The Labute approximate surface area is 376 Å². The second kappa shape index (κ2) is 26.0. The number of hydrogen-bond acceptors (Lipinski definition) is 2. The Morgan fingerprint density at radius 2 is 0.712 bits per heavy atom. The Bertz CT molecular complexity index is 1950. The van der Waals surface area contributed by atoms with Crippen LogP contribution in [-0.2, 0) is 38.0 Å². The number of halogens is 14. The molecule has 0 N–H and O–H groups in total. The van der Waals surface area contributed by atoms with Gasteiger partial charge in [-0.25, -0.2) is 35.1 Å². The molecular weight excluding hydrogens is 899 g/mol. The van der Waals surface area contributed by atoms with E-state index < -0.39 is 70.0 Å². The van der Waals surface area contributed by atoms with Crippen LogP contribution in [0.4, 0.5) is 61.5 Å². The normalized spacial score (nSPS) is 11.9. The van der Waals surface area contributed by atoms with Crippen molar-refractivity contribution in [1.82, 2.24) is 0 Å². The molecule has 0 heterocycles. The van der Waals surface area contributed by atoms with E-state index in [2.05, 4.69) is 13.0 Å². The first-order valence-corrected chi connectivity index (χ1v) is 22.3. The van der Waals surface area contributed by atoms with Crippen LogP contribution >= 0.6 is 0 Å². The third kappa shape index (κ3) is 17.2. The number of aryl methyl sites for hydroxylation is 2. The van der Waals surface area contributed by atoms with Crippen molar-refractivity contribution in [3.63, 3.8) is 0 Å². The van der Waals surface area contributed by atoms with Crippen molar-refractivity contribution >= 4 is 0 Å². The molecule has 2 nitrogen and oxygen atoms in total. The van der Waals surface area contributed by atoms with E-state index >= 15 is 0 Å². The van der Waals surface area contributed by atoms with E-state index in [1.807, 2.05) is 0 Å². The Hall–Kier alpha value is -4.76. The van der Waals surface area contributed by atoms with Crippen molar-refractivity contribution in [2.24, 2.45) is 0 Å². The summed E-state index contributed by atoms with van der Waals surface area (Å²) >= 11 is 0. The van der Waals surface area contributed by atoms with Gasteiger partial charge in [-0.3, -0.25) is 0 Å². The van der Waals surface area contributed by atoms with Gasteiger partial charge in [0.1, 0.15) is 69.2 Å². The zero-order valence-electron chi connectivity index (χ0n) is 36.7. The van der Waals surface area contributed by atoms with Crippen LogP contribution in [-0.4, -0.2) is 13.2 Å². The number of unbranched alkanes of at least 4 members (excludes halogenated alkanes) is 10. The fraction of sp³-hybridized carbons (Fsp3) is 0.480. The average Bonchev–Trinajstić information content (AvgIpc) is 3.20. The van der Waals surface area contributed by atoms with Crippen LogP contribution in [0.2, 0.25) is 0 Å². The number of ether oxygens (including phenoxy) is 2. The standard InChI is InChI=1S/C50H54F14O2/c1-2-15-32(16-11-7-3-5-9-13-22-65-35-28-39(51)37(40(52)29-35)20-18-33-24-43(55)47(44(56)25-33)49(59,60)61)17-12-8-4-6-10-14-23-66-36-30-41(53)38(42(54)31-36)21-19-34-26-45(57)48(46(58)27-34)50(62,63)64/h15,24-31H,2-14,16-23H2,1H3. The highest BCUT2D eigenvalue weighted by atomic mass is 19.4. The molecule has 0 aromatic heterocycles. The van der Waals surface area contributed by atoms with Crippen LogP contribution in [0.3, 0.4) is 0 Å². The topological polar surface area (TPSA) is 18.5 Å². The zero-order chi connectivity index (χ0) is 48.4. The number of alkyl halides is 6. The third-order valence-corrected chi connectivity index (χ3v) is 11.1. The second-order valence-electron chi connectivity index (χ2n) is 16.3. The molecule has 4 aromatic carbocycles. The second-order valence-corrected chi connectivity index (χ2v) is 16.3. The smallest absolute Gasteiger partial charge is 0.422 e. The molecule has 0 saturated heterocycles. The molecule has 0 aliphatic rings. The molecule has 4 aromatic rings. The predicted octanol–water partition coefficient (Wildman–Crippen LogP) is 16.7. The molecule has 0 unspecified atom stereocenters. The quantitative estimate of drug-likeness (QED) is 0.0337. The third-order valence-electron chi connectivity index (χ3n) is 11.1. The summed E-state index contributed by atoms with van der Waals surface area (Å²) in [5.74, 6) is -10.9. The first-order valence-electron chi connectivity index (χ1n) is 22.3. The van der Waals surface area contributed by atoms with E-state index in [0.717, 1.165) is 108 Å². The Kier molecular flexibility index (Phi) is 21.2. The lowest BCUT2D eigenvalue weighted by Gasteiger charge is -2.12. The monoisotopic (exact) mass is 952 g/mol. The summed E-state index contributed by atoms with van der Waals surface area (Å²) < 4.78 is 202. The maximum Gasteiger partial charge on any atom is 0.422 e. The van der Waals surface area contributed by atoms with E-state index in [1.54, 1.807) is 0 Å². The van der Waals surface area contributed by atoms with E-state index in [0.29, 0.717) is 37.1 Å². The van der Waals surface area contributed by atoms with E-state index in [1.165, 1.54) is 5.57 Å². The van der Waals surface area contributed by atoms with Gasteiger partial charge in [-0.1, -0.05) is 69.9 Å². The molecule has 66 heavy (non-hydrogen) atoms. The van der Waals surface area contributed by atoms with Gasteiger partial charge in [0.05, 0.1) is 13.2 Å². The van der Waals surface area contributed by atoms with Crippen LogP contribution in [0.15, 0.2) is 60.2 Å². The molecule has 0 amide bonds. The van der Waals surface area contributed by atoms with E-state index in [-0.39, 0.29) is 72.6 Å². The molecule has 0 radical (unpaired) electrons. The van der Waals surface area contributed by atoms with Crippen LogP contribution < -0.4 is 9.47 Å². The van der Waals surface area contributed by atoms with E-state index in [9.17, 15) is 61.5 Å². The van der Waals surface area contributed by atoms with Gasteiger partial charge in [0.15, 0.2) is 0 Å². The van der Waals surface area contributed by atoms with Gasteiger partial charge in [-0.2, -0.15) is 26.3 Å². The Morgan fingerprint density at radius 1 is 0.409 bits per heavy atom. The fourth-order valence-electron chi connectivity index (χ4n) is 7.74. The lowest BCUT2D eigenvalue weighted by Crippen LogP contribution is -2.12. The summed E-state index contributed by atoms with van der Waals surface area (Å²) in [4.78, 5) is 0. The molecule has 0 aliphatic carbocycles. The lowest BCUT2D eigenvalue weighted by atomic mass is 9.98. The lowest BCUT2D eigenvalue weighted by molar-refractivity contribution is -0.143. The van der Waals surface area contributed by atoms with Gasteiger partial charge in [0.2, 0.25) is 0 Å². The van der Waals surface area contributed by atoms with Crippen LogP contribution in [0.1, 0.15) is 137 Å². The number of rotatable bonds is 27. The molecule has 16 heteroatoms. The van der Waals surface area contributed by atoms with Crippen molar-refractivity contribution in [2.75, 3.05) is 13.2 Å². The molecule has 4 rings (SSSR count). The Morgan fingerprint density at radius 3 is 1.02 bits per heavy atom. The van der Waals surface area contributed by atoms with Gasteiger partial charge in [0.25, 0.3) is 0 Å². The van der Waals surface area contributed by atoms with Gasteiger partial charge in [-0.05, 0) is 106 Å². The highest BCUT2D eigenvalue weighted by Gasteiger charge is 2.39. The summed E-state index contributed by atoms with van der Waals surface area (Å²) in [5, 5.41) is 0. The van der Waals surface area contributed by atoms with Crippen molar-refractivity contribution in [1.29, 1.82) is 0 Å². The van der Waals surface area contributed by atoms with Crippen molar-refractivity contribution < 1.29 is 70.9 Å². The molecule has 0 spiro atoms. The van der Waals surface area contributed by atoms with Gasteiger partial charge in [-0.15, -0.1) is 0 Å². The van der Waals surface area contributed by atoms with Gasteiger partial charge < -0.3 is 9.47 Å². The van der Waals surface area contributed by atoms with Crippen molar-refractivity contribution in [3.8, 4) is 11.5 Å². The molecular formula is C50H54F14O2. The summed E-state index contributed by atoms with van der Waals surface area (Å²) in [6.07, 6.45) is 4.99. The van der Waals surface area contributed by atoms with Crippen molar-refractivity contribution in [2.45, 2.75) is 141 Å². The fourth-order valence-corrected chi connectivity index (χ4v) is 7.74. The zero-order valence-corrected chi connectivity index (χ0v) is 36.7. The molecule has 0 aliphatic heterocycles. The molecule has 0 fully saturated rings. The highest BCUT2D eigenvalue weighted by molar-refractivity contribution is 5.35. The predicted molar refractivity (Wildman–Crippen MR) is 224 cm³/mol. The van der Waals surface area contributed by atoms with Gasteiger partial charge in [0, 0.05) is 35.4 Å². The molecule has 364 valence electrons. The van der Waals surface area contributed by atoms with E-state index in [4.69, 9.17) is 9.47 Å². The summed E-state index contributed by atoms with van der Waals surface area (Å²) in [5.41, 5.74) is -3.67.